The second kappa shape index (κ2) is 8.97. The number of H-pyrrole nitrogens is 1. The molecule has 0 spiro atoms. The Morgan fingerprint density at radius 1 is 1.20 bits per heavy atom. The van der Waals surface area contributed by atoms with Crippen molar-refractivity contribution >= 4 is 28.2 Å². The number of para-hydroxylation sites is 1. The Balaban J connectivity index is 1.51. The van der Waals surface area contributed by atoms with E-state index in [4.69, 9.17) is 4.74 Å². The molecule has 0 amide bonds. The number of hydrogen-bond donors (Lipinski definition) is 1. The lowest BCUT2D eigenvalue weighted by atomic mass is 9.84. The number of benzene rings is 1. The van der Waals surface area contributed by atoms with Gasteiger partial charge < -0.3 is 14.6 Å². The number of thiophene rings is 1. The van der Waals surface area contributed by atoms with Gasteiger partial charge in [0.15, 0.2) is 0 Å². The number of piperidine rings is 1. The van der Waals surface area contributed by atoms with Crippen molar-refractivity contribution in [3.05, 3.63) is 67.5 Å². The number of aromatic nitrogens is 2. The lowest BCUT2D eigenvalue weighted by Gasteiger charge is -2.37. The summed E-state index contributed by atoms with van der Waals surface area (Å²) in [7, 11) is 0. The van der Waals surface area contributed by atoms with Crippen LogP contribution in [0.5, 0.6) is 0 Å². The van der Waals surface area contributed by atoms with Crippen LogP contribution in [0.2, 0.25) is 0 Å². The highest BCUT2D eigenvalue weighted by molar-refractivity contribution is 7.10. The van der Waals surface area contributed by atoms with E-state index >= 15 is 0 Å². The number of fused-ring (bicyclic) bond motifs is 1. The van der Waals surface area contributed by atoms with E-state index in [1.807, 2.05) is 18.4 Å². The first-order chi connectivity index (χ1) is 14.6. The van der Waals surface area contributed by atoms with Gasteiger partial charge >= 0.3 is 11.7 Å². The minimum Gasteiger partial charge on any atom is -0.466 e. The summed E-state index contributed by atoms with van der Waals surface area (Å²) < 4.78 is 6.58. The Kier molecular flexibility index (Phi) is 6.15. The molecule has 2 unspecified atom stereocenters. The van der Waals surface area contributed by atoms with Crippen LogP contribution < -0.4 is 11.2 Å². The van der Waals surface area contributed by atoms with Gasteiger partial charge in [0.2, 0.25) is 0 Å². The van der Waals surface area contributed by atoms with Gasteiger partial charge in [0.25, 0.3) is 5.56 Å². The number of rotatable bonds is 6. The molecule has 3 aromatic rings. The molecule has 0 saturated carbocycles. The molecule has 158 valence electrons. The van der Waals surface area contributed by atoms with Crippen molar-refractivity contribution in [2.75, 3.05) is 26.2 Å². The third kappa shape index (κ3) is 4.11. The van der Waals surface area contributed by atoms with Crippen LogP contribution in [0.3, 0.4) is 0 Å². The Bertz CT molecular complexity index is 1140. The van der Waals surface area contributed by atoms with E-state index < -0.39 is 5.69 Å². The number of nitrogens with zero attached hydrogens (tertiary/aromatic N) is 2. The van der Waals surface area contributed by atoms with Crippen molar-refractivity contribution in [1.82, 2.24) is 14.5 Å². The normalized spacial score (nSPS) is 19.8. The van der Waals surface area contributed by atoms with E-state index in [1.54, 1.807) is 35.6 Å². The van der Waals surface area contributed by atoms with E-state index in [1.165, 1.54) is 9.44 Å². The third-order valence-electron chi connectivity index (χ3n) is 5.72. The van der Waals surface area contributed by atoms with E-state index in [-0.39, 0.29) is 29.9 Å². The largest absolute Gasteiger partial charge is 0.466 e. The van der Waals surface area contributed by atoms with Crippen LogP contribution in [-0.2, 0) is 16.1 Å². The Morgan fingerprint density at radius 2 is 2.03 bits per heavy atom. The second-order valence-corrected chi connectivity index (χ2v) is 8.48. The van der Waals surface area contributed by atoms with E-state index in [0.717, 1.165) is 13.0 Å². The summed E-state index contributed by atoms with van der Waals surface area (Å²) in [5.74, 6) is -0.280. The van der Waals surface area contributed by atoms with Gasteiger partial charge in [-0.1, -0.05) is 18.2 Å². The molecular weight excluding hydrogens is 402 g/mol. The fourth-order valence-electron chi connectivity index (χ4n) is 4.20. The van der Waals surface area contributed by atoms with Gasteiger partial charge in [-0.2, -0.15) is 0 Å². The number of hydrogen-bond acceptors (Lipinski definition) is 6. The topological polar surface area (TPSA) is 84.4 Å². The second-order valence-electron chi connectivity index (χ2n) is 7.50. The highest BCUT2D eigenvalue weighted by atomic mass is 32.1. The molecule has 1 fully saturated rings. The highest BCUT2D eigenvalue weighted by Crippen LogP contribution is 2.36. The Morgan fingerprint density at radius 3 is 2.80 bits per heavy atom. The van der Waals surface area contributed by atoms with E-state index in [0.29, 0.717) is 30.6 Å². The molecule has 2 atom stereocenters. The molecule has 4 rings (SSSR count). The summed E-state index contributed by atoms with van der Waals surface area (Å²) in [5, 5.41) is 2.53. The molecule has 1 saturated heterocycles. The van der Waals surface area contributed by atoms with Crippen LogP contribution in [-0.4, -0.2) is 46.7 Å². The monoisotopic (exact) mass is 427 g/mol. The molecule has 0 radical (unpaired) electrons. The summed E-state index contributed by atoms with van der Waals surface area (Å²) >= 11 is 1.67. The lowest BCUT2D eigenvalue weighted by Crippen LogP contribution is -2.46. The first-order valence-corrected chi connectivity index (χ1v) is 11.1. The molecule has 0 aliphatic carbocycles. The highest BCUT2D eigenvalue weighted by Gasteiger charge is 2.36. The Hall–Kier alpha value is -2.71. The van der Waals surface area contributed by atoms with Crippen molar-refractivity contribution in [2.45, 2.75) is 25.8 Å². The van der Waals surface area contributed by atoms with Crippen LogP contribution in [0.25, 0.3) is 10.9 Å². The minimum atomic E-state index is -0.408. The molecule has 1 aliphatic rings. The van der Waals surface area contributed by atoms with Crippen LogP contribution in [0.15, 0.2) is 51.4 Å². The molecule has 1 aromatic carbocycles. The van der Waals surface area contributed by atoms with Gasteiger partial charge in [-0.05, 0) is 43.5 Å². The van der Waals surface area contributed by atoms with Crippen LogP contribution in [0, 0.1) is 5.92 Å². The number of ether oxygens (including phenoxy) is 1. The maximum Gasteiger partial charge on any atom is 0.328 e. The summed E-state index contributed by atoms with van der Waals surface area (Å²) in [5.41, 5.74) is -0.151. The standard InChI is InChI=1S/C22H25N3O4S/c1-2-29-21(27)17-14-24(10-9-15(17)19-8-5-13-30-19)11-12-25-20(26)16-6-3-4-7-18(16)23-22(25)28/h3-8,13,15,17H,2,9-12,14H2,1H3,(H,23,28). The molecule has 1 aliphatic heterocycles. The molecular formula is C22H25N3O4S. The van der Waals surface area contributed by atoms with Gasteiger partial charge in [0.1, 0.15) is 0 Å². The zero-order valence-electron chi connectivity index (χ0n) is 16.9. The third-order valence-corrected chi connectivity index (χ3v) is 6.73. The zero-order valence-corrected chi connectivity index (χ0v) is 17.7. The lowest BCUT2D eigenvalue weighted by molar-refractivity contribution is -0.150. The molecule has 0 bridgehead atoms. The van der Waals surface area contributed by atoms with Crippen molar-refractivity contribution in [3.63, 3.8) is 0 Å². The minimum absolute atomic E-state index is 0.145. The smallest absolute Gasteiger partial charge is 0.328 e. The molecule has 30 heavy (non-hydrogen) atoms. The summed E-state index contributed by atoms with van der Waals surface area (Å²) in [6, 6.07) is 11.1. The first kappa shape index (κ1) is 20.6. The molecule has 8 heteroatoms. The van der Waals surface area contributed by atoms with Crippen molar-refractivity contribution in [3.8, 4) is 0 Å². The van der Waals surface area contributed by atoms with Crippen molar-refractivity contribution < 1.29 is 9.53 Å². The first-order valence-electron chi connectivity index (χ1n) is 10.2. The SMILES string of the molecule is CCOC(=O)C1CN(CCn2c(=O)[nH]c3ccccc3c2=O)CCC1c1cccs1. The predicted molar refractivity (Wildman–Crippen MR) is 117 cm³/mol. The van der Waals surface area contributed by atoms with Crippen LogP contribution in [0.1, 0.15) is 24.1 Å². The van der Waals surface area contributed by atoms with E-state index in [2.05, 4.69) is 16.0 Å². The van der Waals surface area contributed by atoms with Gasteiger partial charge in [-0.3, -0.25) is 14.2 Å². The Labute approximate surface area is 177 Å². The van der Waals surface area contributed by atoms with Gasteiger partial charge in [-0.25, -0.2) is 4.79 Å². The maximum atomic E-state index is 12.7. The zero-order chi connectivity index (χ0) is 21.1. The quantitative estimate of drug-likeness (QED) is 0.611. The fraction of sp³-hybridized carbons (Fsp3) is 0.409. The molecule has 3 heterocycles. The van der Waals surface area contributed by atoms with Gasteiger partial charge in [0, 0.05) is 30.4 Å². The maximum absolute atomic E-state index is 12.7. The van der Waals surface area contributed by atoms with Gasteiger partial charge in [-0.15, -0.1) is 11.3 Å². The number of likely N-dealkylation sites (tertiary alicyclic amines) is 1. The fourth-order valence-corrected chi connectivity index (χ4v) is 5.13. The number of esters is 1. The summed E-state index contributed by atoms with van der Waals surface area (Å²) in [4.78, 5) is 43.9. The predicted octanol–water partition coefficient (Wildman–Crippen LogP) is 2.42. The number of nitrogens with one attached hydrogen (secondary N) is 1. The average Bonchev–Trinajstić information content (AvgIpc) is 3.28. The number of carbonyl (C=O) groups is 1. The van der Waals surface area contributed by atoms with Crippen molar-refractivity contribution in [2.24, 2.45) is 5.92 Å². The van der Waals surface area contributed by atoms with Crippen LogP contribution in [0.4, 0.5) is 0 Å². The molecule has 7 nitrogen and oxygen atoms in total. The van der Waals surface area contributed by atoms with E-state index in [9.17, 15) is 14.4 Å². The molecule has 1 N–H and O–H groups in total. The average molecular weight is 428 g/mol. The summed E-state index contributed by atoms with van der Waals surface area (Å²) in [6.07, 6.45) is 0.840. The summed E-state index contributed by atoms with van der Waals surface area (Å²) in [6.45, 7) is 4.33. The number of aromatic amines is 1. The van der Waals surface area contributed by atoms with Gasteiger partial charge in [0.05, 0.1) is 23.4 Å². The van der Waals surface area contributed by atoms with Crippen molar-refractivity contribution in [1.29, 1.82) is 0 Å². The number of carbonyl (C=O) groups excluding carboxylic acids is 1. The van der Waals surface area contributed by atoms with Crippen LogP contribution >= 0.6 is 11.3 Å². The molecule has 2 aromatic heterocycles.